The van der Waals surface area contributed by atoms with Crippen molar-refractivity contribution in [3.05, 3.63) is 70.9 Å². The Morgan fingerprint density at radius 3 is 2.14 bits per heavy atom. The van der Waals surface area contributed by atoms with E-state index in [2.05, 4.69) is 0 Å². The first-order chi connectivity index (χ1) is 13.5. The SMILES string of the molecule is CC1CN(C2=C(c3ccccc3)C(=O)N(c3ccccc3Cl)C2=O)CC(C)O1. The van der Waals surface area contributed by atoms with Crippen LogP contribution in [0.3, 0.4) is 0 Å². The highest BCUT2D eigenvalue weighted by atomic mass is 35.5. The van der Waals surface area contributed by atoms with Crippen molar-refractivity contribution in [2.24, 2.45) is 0 Å². The van der Waals surface area contributed by atoms with E-state index in [-0.39, 0.29) is 24.0 Å². The molecule has 28 heavy (non-hydrogen) atoms. The van der Waals surface area contributed by atoms with Gasteiger partial charge >= 0.3 is 0 Å². The van der Waals surface area contributed by atoms with Gasteiger partial charge in [-0.3, -0.25) is 9.59 Å². The maximum Gasteiger partial charge on any atom is 0.282 e. The van der Waals surface area contributed by atoms with Crippen molar-refractivity contribution in [2.75, 3.05) is 18.0 Å². The zero-order valence-electron chi connectivity index (χ0n) is 15.8. The van der Waals surface area contributed by atoms with E-state index in [4.69, 9.17) is 16.3 Å². The number of rotatable bonds is 3. The molecule has 0 radical (unpaired) electrons. The zero-order chi connectivity index (χ0) is 19.8. The largest absolute Gasteiger partial charge is 0.372 e. The molecule has 0 aliphatic carbocycles. The fourth-order valence-corrected chi connectivity index (χ4v) is 4.11. The predicted molar refractivity (Wildman–Crippen MR) is 109 cm³/mol. The summed E-state index contributed by atoms with van der Waals surface area (Å²) in [7, 11) is 0. The normalized spacial score (nSPS) is 23.0. The van der Waals surface area contributed by atoms with Crippen LogP contribution in [0.5, 0.6) is 0 Å². The Bertz CT molecular complexity index is 947. The second-order valence-corrected chi connectivity index (χ2v) is 7.56. The number of hydrogen-bond donors (Lipinski definition) is 0. The van der Waals surface area contributed by atoms with Crippen LogP contribution in [-0.4, -0.2) is 42.0 Å². The molecule has 0 N–H and O–H groups in total. The van der Waals surface area contributed by atoms with Crippen LogP contribution in [0.15, 0.2) is 60.3 Å². The van der Waals surface area contributed by atoms with Crippen molar-refractivity contribution in [2.45, 2.75) is 26.1 Å². The third-order valence-corrected chi connectivity index (χ3v) is 5.27. The molecular weight excluding hydrogens is 376 g/mol. The number of anilines is 1. The molecule has 0 saturated carbocycles. The van der Waals surface area contributed by atoms with Gasteiger partial charge in [0, 0.05) is 13.1 Å². The summed E-state index contributed by atoms with van der Waals surface area (Å²) >= 11 is 6.31. The minimum Gasteiger partial charge on any atom is -0.372 e. The first-order valence-corrected chi connectivity index (χ1v) is 9.68. The second-order valence-electron chi connectivity index (χ2n) is 7.15. The molecule has 144 valence electrons. The number of para-hydroxylation sites is 1. The molecule has 2 heterocycles. The third-order valence-electron chi connectivity index (χ3n) is 4.95. The molecule has 2 atom stereocenters. The van der Waals surface area contributed by atoms with Gasteiger partial charge < -0.3 is 9.64 Å². The van der Waals surface area contributed by atoms with Crippen molar-refractivity contribution in [3.63, 3.8) is 0 Å². The molecule has 0 bridgehead atoms. The molecule has 2 unspecified atom stereocenters. The number of amides is 2. The third kappa shape index (κ3) is 3.21. The van der Waals surface area contributed by atoms with Gasteiger partial charge in [0.1, 0.15) is 5.70 Å². The van der Waals surface area contributed by atoms with E-state index in [0.717, 1.165) is 5.56 Å². The van der Waals surface area contributed by atoms with Gasteiger partial charge in [-0.05, 0) is 31.5 Å². The number of carbonyl (C=O) groups excluding carboxylic acids is 2. The lowest BCUT2D eigenvalue weighted by Gasteiger charge is -2.37. The van der Waals surface area contributed by atoms with E-state index in [0.29, 0.717) is 35.1 Å². The molecule has 6 heteroatoms. The maximum absolute atomic E-state index is 13.5. The van der Waals surface area contributed by atoms with Crippen LogP contribution in [0, 0.1) is 0 Å². The lowest BCUT2D eigenvalue weighted by molar-refractivity contribution is -0.121. The number of hydrogen-bond acceptors (Lipinski definition) is 4. The number of nitrogens with zero attached hydrogens (tertiary/aromatic N) is 2. The highest BCUT2D eigenvalue weighted by molar-refractivity contribution is 6.47. The average Bonchev–Trinajstić information content (AvgIpc) is 2.93. The highest BCUT2D eigenvalue weighted by Crippen LogP contribution is 2.38. The highest BCUT2D eigenvalue weighted by Gasteiger charge is 2.44. The number of imide groups is 1. The first-order valence-electron chi connectivity index (χ1n) is 9.30. The lowest BCUT2D eigenvalue weighted by Crippen LogP contribution is -2.47. The number of carbonyl (C=O) groups is 2. The van der Waals surface area contributed by atoms with E-state index in [1.807, 2.05) is 49.1 Å². The van der Waals surface area contributed by atoms with Crippen LogP contribution in [0.4, 0.5) is 5.69 Å². The van der Waals surface area contributed by atoms with Gasteiger partial charge in [0.05, 0.1) is 28.5 Å². The smallest absolute Gasteiger partial charge is 0.282 e. The minimum atomic E-state index is -0.355. The monoisotopic (exact) mass is 396 g/mol. The fraction of sp³-hybridized carbons (Fsp3) is 0.273. The van der Waals surface area contributed by atoms with Gasteiger partial charge in [0.25, 0.3) is 11.8 Å². The van der Waals surface area contributed by atoms with Gasteiger partial charge in [-0.25, -0.2) is 4.90 Å². The topological polar surface area (TPSA) is 49.9 Å². The zero-order valence-corrected chi connectivity index (χ0v) is 16.5. The molecule has 4 rings (SSSR count). The summed E-state index contributed by atoms with van der Waals surface area (Å²) in [5.74, 6) is -0.704. The van der Waals surface area contributed by atoms with Gasteiger partial charge in [-0.15, -0.1) is 0 Å². The number of ether oxygens (including phenoxy) is 1. The molecule has 0 aromatic heterocycles. The Labute approximate surface area is 169 Å². The second kappa shape index (κ2) is 7.41. The minimum absolute atomic E-state index is 0.0365. The van der Waals surface area contributed by atoms with E-state index < -0.39 is 0 Å². The molecule has 2 aliphatic rings. The Balaban J connectivity index is 1.85. The van der Waals surface area contributed by atoms with Crippen LogP contribution in [0.25, 0.3) is 5.57 Å². The molecule has 2 amide bonds. The Kier molecular flexibility index (Phi) is 4.96. The quantitative estimate of drug-likeness (QED) is 0.742. The number of halogens is 1. The summed E-state index contributed by atoms with van der Waals surface area (Å²) in [6, 6.07) is 16.2. The summed E-state index contributed by atoms with van der Waals surface area (Å²) in [5, 5.41) is 0.363. The number of benzene rings is 2. The van der Waals surface area contributed by atoms with E-state index >= 15 is 0 Å². The van der Waals surface area contributed by atoms with E-state index in [9.17, 15) is 9.59 Å². The Hall–Kier alpha value is -2.63. The summed E-state index contributed by atoms with van der Waals surface area (Å²) in [4.78, 5) is 30.0. The molecule has 1 saturated heterocycles. The number of morpholine rings is 1. The predicted octanol–water partition coefficient (Wildman–Crippen LogP) is 3.73. The summed E-state index contributed by atoms with van der Waals surface area (Å²) < 4.78 is 5.81. The van der Waals surface area contributed by atoms with Crippen molar-refractivity contribution in [3.8, 4) is 0 Å². The van der Waals surface area contributed by atoms with Crippen LogP contribution < -0.4 is 4.90 Å². The van der Waals surface area contributed by atoms with Crippen LogP contribution >= 0.6 is 11.6 Å². The first kappa shape index (κ1) is 18.7. The van der Waals surface area contributed by atoms with Crippen molar-refractivity contribution >= 4 is 34.7 Å². The fourth-order valence-electron chi connectivity index (χ4n) is 3.89. The Morgan fingerprint density at radius 1 is 0.893 bits per heavy atom. The molecule has 2 aromatic rings. The maximum atomic E-state index is 13.5. The van der Waals surface area contributed by atoms with E-state index in [1.54, 1.807) is 24.3 Å². The van der Waals surface area contributed by atoms with Crippen molar-refractivity contribution in [1.82, 2.24) is 4.90 Å². The summed E-state index contributed by atoms with van der Waals surface area (Å²) in [5.41, 5.74) is 1.94. The summed E-state index contributed by atoms with van der Waals surface area (Å²) in [6.07, 6.45) is -0.0731. The molecular formula is C22H21ClN2O3. The molecule has 0 spiro atoms. The van der Waals surface area contributed by atoms with Crippen molar-refractivity contribution < 1.29 is 14.3 Å². The summed E-state index contributed by atoms with van der Waals surface area (Å²) in [6.45, 7) is 5.04. The Morgan fingerprint density at radius 2 is 1.50 bits per heavy atom. The van der Waals surface area contributed by atoms with Gasteiger partial charge in [-0.1, -0.05) is 54.1 Å². The lowest BCUT2D eigenvalue weighted by atomic mass is 10.0. The standard InChI is InChI=1S/C22H21ClN2O3/c1-14-12-24(13-15(2)28-14)20-19(16-8-4-3-5-9-16)21(26)25(22(20)27)18-11-7-6-10-17(18)23/h3-11,14-15H,12-13H2,1-2H3. The van der Waals surface area contributed by atoms with Crippen LogP contribution in [0.1, 0.15) is 19.4 Å². The molecule has 2 aliphatic heterocycles. The molecule has 5 nitrogen and oxygen atoms in total. The molecule has 2 aromatic carbocycles. The average molecular weight is 397 g/mol. The van der Waals surface area contributed by atoms with Crippen LogP contribution in [0.2, 0.25) is 5.02 Å². The van der Waals surface area contributed by atoms with Gasteiger partial charge in [0.15, 0.2) is 0 Å². The molecule has 1 fully saturated rings. The van der Waals surface area contributed by atoms with Gasteiger partial charge in [0.2, 0.25) is 0 Å². The van der Waals surface area contributed by atoms with Crippen LogP contribution in [-0.2, 0) is 14.3 Å². The van der Waals surface area contributed by atoms with E-state index in [1.165, 1.54) is 4.90 Å². The van der Waals surface area contributed by atoms with Gasteiger partial charge in [-0.2, -0.15) is 0 Å². The van der Waals surface area contributed by atoms with Crippen molar-refractivity contribution in [1.29, 1.82) is 0 Å².